The van der Waals surface area contributed by atoms with E-state index in [1.807, 2.05) is 24.3 Å². The molecule has 0 aliphatic carbocycles. The van der Waals surface area contributed by atoms with Crippen molar-refractivity contribution in [2.45, 2.75) is 38.3 Å². The molecule has 0 aromatic heterocycles. The highest BCUT2D eigenvalue weighted by Crippen LogP contribution is 2.17. The first-order valence-electron chi connectivity index (χ1n) is 11.5. The molecule has 3 amide bonds. The molecule has 194 valence electrons. The summed E-state index contributed by atoms with van der Waals surface area (Å²) in [6.07, 6.45) is -0.396. The Bertz CT molecular complexity index is 1010. The number of ether oxygens (including phenoxy) is 2. The molecule has 0 heterocycles. The maximum Gasteiger partial charge on any atom is 0.303 e. The van der Waals surface area contributed by atoms with E-state index in [4.69, 9.17) is 20.3 Å². The van der Waals surface area contributed by atoms with Crippen molar-refractivity contribution in [2.24, 2.45) is 5.73 Å². The van der Waals surface area contributed by atoms with Gasteiger partial charge in [-0.1, -0.05) is 12.1 Å². The molecule has 2 rings (SSSR count). The first-order valence-corrected chi connectivity index (χ1v) is 11.5. The van der Waals surface area contributed by atoms with Crippen LogP contribution in [0.2, 0.25) is 0 Å². The van der Waals surface area contributed by atoms with E-state index in [2.05, 4.69) is 16.0 Å². The van der Waals surface area contributed by atoms with Gasteiger partial charge in [0.2, 0.25) is 11.8 Å². The van der Waals surface area contributed by atoms with E-state index in [1.54, 1.807) is 31.4 Å². The Morgan fingerprint density at radius 1 is 0.944 bits per heavy atom. The van der Waals surface area contributed by atoms with E-state index >= 15 is 0 Å². The summed E-state index contributed by atoms with van der Waals surface area (Å²) < 4.78 is 10.6. The Kier molecular flexibility index (Phi) is 11.5. The summed E-state index contributed by atoms with van der Waals surface area (Å²) in [5, 5.41) is 17.0. The summed E-state index contributed by atoms with van der Waals surface area (Å²) in [4.78, 5) is 46.6. The van der Waals surface area contributed by atoms with Gasteiger partial charge in [-0.25, -0.2) is 0 Å². The lowest BCUT2D eigenvalue weighted by molar-refractivity contribution is -0.137. The van der Waals surface area contributed by atoms with Gasteiger partial charge in [-0.3, -0.25) is 19.2 Å². The second-order valence-corrected chi connectivity index (χ2v) is 7.87. The molecule has 2 aromatic rings. The third-order valence-corrected chi connectivity index (χ3v) is 5.01. The number of carbonyl (C=O) groups excluding carboxylic acids is 3. The Hall–Kier alpha value is -4.28. The van der Waals surface area contributed by atoms with Gasteiger partial charge in [0.05, 0.1) is 13.7 Å². The van der Waals surface area contributed by atoms with Gasteiger partial charge in [0.1, 0.15) is 11.5 Å². The van der Waals surface area contributed by atoms with E-state index in [0.717, 1.165) is 11.3 Å². The van der Waals surface area contributed by atoms with E-state index in [-0.39, 0.29) is 25.9 Å². The van der Waals surface area contributed by atoms with Crippen LogP contribution in [0.3, 0.4) is 0 Å². The number of methoxy groups -OCH3 is 1. The maximum absolute atomic E-state index is 12.8. The smallest absolute Gasteiger partial charge is 0.303 e. The van der Waals surface area contributed by atoms with Gasteiger partial charge >= 0.3 is 5.97 Å². The van der Waals surface area contributed by atoms with E-state index < -0.39 is 29.9 Å². The summed E-state index contributed by atoms with van der Waals surface area (Å²) >= 11 is 0. The summed E-state index contributed by atoms with van der Waals surface area (Å²) in [6, 6.07) is 14.1. The van der Waals surface area contributed by atoms with Crippen LogP contribution in [0.25, 0.3) is 0 Å². The van der Waals surface area contributed by atoms with E-state index in [1.165, 1.54) is 0 Å². The molecule has 6 N–H and O–H groups in total. The molecule has 0 saturated carbocycles. The van der Waals surface area contributed by atoms with Crippen LogP contribution in [-0.4, -0.2) is 55.2 Å². The van der Waals surface area contributed by atoms with Crippen LogP contribution in [0.5, 0.6) is 11.5 Å². The lowest BCUT2D eigenvalue weighted by atomic mass is 10.1. The molecule has 2 aromatic carbocycles. The Morgan fingerprint density at radius 2 is 1.61 bits per heavy atom. The molecule has 0 radical (unpaired) electrons. The van der Waals surface area contributed by atoms with Crippen LogP contribution >= 0.6 is 0 Å². The molecule has 36 heavy (non-hydrogen) atoms. The molecule has 1 unspecified atom stereocenters. The quantitative estimate of drug-likeness (QED) is 0.170. The average molecular weight is 501 g/mol. The number of nitrogens with one attached hydrogen (secondary N) is 3. The lowest BCUT2D eigenvalue weighted by Crippen LogP contribution is -2.51. The zero-order valence-corrected chi connectivity index (χ0v) is 20.1. The number of nitrogens with two attached hydrogens (primary N) is 1. The monoisotopic (exact) mass is 500 g/mol. The maximum atomic E-state index is 12.8. The first-order chi connectivity index (χ1) is 17.3. The number of carboxylic acids is 1. The molecule has 0 spiro atoms. The average Bonchev–Trinajstić information content (AvgIpc) is 2.86. The Labute approximate surface area is 209 Å². The number of hydrogen-bond acceptors (Lipinski definition) is 7. The third kappa shape index (κ3) is 10.8. The van der Waals surface area contributed by atoms with Crippen LogP contribution in [-0.2, 0) is 25.6 Å². The van der Waals surface area contributed by atoms with Crippen LogP contribution in [0.1, 0.15) is 31.2 Å². The highest BCUT2D eigenvalue weighted by Gasteiger charge is 2.20. The number of anilines is 1. The van der Waals surface area contributed by atoms with Crippen molar-refractivity contribution in [3.63, 3.8) is 0 Å². The summed E-state index contributed by atoms with van der Waals surface area (Å²) in [5.41, 5.74) is 6.65. The van der Waals surface area contributed by atoms with Crippen molar-refractivity contribution in [3.8, 4) is 11.5 Å². The van der Waals surface area contributed by atoms with Crippen LogP contribution in [0.15, 0.2) is 48.5 Å². The highest BCUT2D eigenvalue weighted by molar-refractivity contribution is 5.90. The van der Waals surface area contributed by atoms with Gasteiger partial charge in [-0.05, 0) is 54.8 Å². The SMILES string of the molecule is COc1ccc(CCNC(=O)C(NC(=O)CCC(N)=O)Nc2ccc(OCCCC(=O)O)cc2)cc1. The van der Waals surface area contributed by atoms with Crippen LogP contribution in [0.4, 0.5) is 5.69 Å². The second kappa shape index (κ2) is 14.9. The van der Waals surface area contributed by atoms with Gasteiger partial charge in [-0.15, -0.1) is 0 Å². The number of amides is 3. The molecule has 0 aliphatic rings. The molecule has 0 aliphatic heterocycles. The number of primary amides is 1. The standard InChI is InChI=1S/C25H32N4O7/c1-35-19-8-4-17(5-9-19)14-15-27-25(34)24(29-22(31)13-12-21(26)30)28-18-6-10-20(11-7-18)36-16-2-3-23(32)33/h4-11,24,28H,2-3,12-16H2,1H3,(H2,26,30)(H,27,34)(H,29,31)(H,32,33). The minimum Gasteiger partial charge on any atom is -0.497 e. The topological polar surface area (TPSA) is 169 Å². The van der Waals surface area contributed by atoms with Gasteiger partial charge in [0, 0.05) is 31.5 Å². The number of rotatable bonds is 16. The molecular formula is C25H32N4O7. The Balaban J connectivity index is 1.95. The number of hydrogen-bond donors (Lipinski definition) is 5. The second-order valence-electron chi connectivity index (χ2n) is 7.87. The predicted octanol–water partition coefficient (Wildman–Crippen LogP) is 1.42. The van der Waals surface area contributed by atoms with Gasteiger partial charge in [0.25, 0.3) is 5.91 Å². The van der Waals surface area contributed by atoms with Crippen molar-refractivity contribution in [2.75, 3.05) is 25.6 Å². The summed E-state index contributed by atoms with van der Waals surface area (Å²) in [7, 11) is 1.59. The van der Waals surface area contributed by atoms with Crippen molar-refractivity contribution in [1.82, 2.24) is 10.6 Å². The number of carboxylic acid groups (broad SMARTS) is 1. The molecular weight excluding hydrogens is 468 g/mol. The zero-order chi connectivity index (χ0) is 26.3. The predicted molar refractivity (Wildman–Crippen MR) is 132 cm³/mol. The van der Waals surface area contributed by atoms with E-state index in [9.17, 15) is 19.2 Å². The third-order valence-electron chi connectivity index (χ3n) is 5.01. The van der Waals surface area contributed by atoms with Crippen molar-refractivity contribution < 1.29 is 33.8 Å². The number of carbonyl (C=O) groups is 4. The van der Waals surface area contributed by atoms with Gasteiger partial charge in [-0.2, -0.15) is 0 Å². The van der Waals surface area contributed by atoms with Crippen molar-refractivity contribution in [3.05, 3.63) is 54.1 Å². The van der Waals surface area contributed by atoms with Crippen LogP contribution < -0.4 is 31.2 Å². The normalized spacial score (nSPS) is 11.1. The molecule has 0 bridgehead atoms. The van der Waals surface area contributed by atoms with E-state index in [0.29, 0.717) is 30.8 Å². The summed E-state index contributed by atoms with van der Waals surface area (Å²) in [5.74, 6) is -1.18. The fraction of sp³-hybridized carbons (Fsp3) is 0.360. The first kappa shape index (κ1) is 28.0. The summed E-state index contributed by atoms with van der Waals surface area (Å²) in [6.45, 7) is 0.595. The molecule has 0 fully saturated rings. The van der Waals surface area contributed by atoms with Crippen molar-refractivity contribution >= 4 is 29.4 Å². The Morgan fingerprint density at radius 3 is 2.22 bits per heavy atom. The van der Waals surface area contributed by atoms with Gasteiger partial charge < -0.3 is 36.3 Å². The largest absolute Gasteiger partial charge is 0.497 e. The minimum absolute atomic E-state index is 0.0182. The van der Waals surface area contributed by atoms with Crippen molar-refractivity contribution in [1.29, 1.82) is 0 Å². The molecule has 1 atom stereocenters. The number of benzene rings is 2. The fourth-order valence-corrected chi connectivity index (χ4v) is 3.09. The fourth-order valence-electron chi connectivity index (χ4n) is 3.09. The molecule has 11 heteroatoms. The zero-order valence-electron chi connectivity index (χ0n) is 20.1. The van der Waals surface area contributed by atoms with Gasteiger partial charge in [0.15, 0.2) is 6.17 Å². The molecule has 0 saturated heterocycles. The lowest BCUT2D eigenvalue weighted by Gasteiger charge is -2.21. The molecule has 11 nitrogen and oxygen atoms in total. The van der Waals surface area contributed by atoms with Crippen LogP contribution in [0, 0.1) is 0 Å². The minimum atomic E-state index is -1.09. The highest BCUT2D eigenvalue weighted by atomic mass is 16.5. The number of aliphatic carboxylic acids is 1.